The van der Waals surface area contributed by atoms with E-state index in [1.807, 2.05) is 55.5 Å². The summed E-state index contributed by atoms with van der Waals surface area (Å²) in [5, 5.41) is 4.17. The lowest BCUT2D eigenvalue weighted by atomic mass is 10.1. The fraction of sp³-hybridized carbons (Fsp3) is 0.0909. The molecule has 0 aromatic heterocycles. The molecular weight excluding hydrogens is 484 g/mol. The maximum absolute atomic E-state index is 12.3. The maximum atomic E-state index is 12.3. The van der Waals surface area contributed by atoms with Crippen LogP contribution in [0.4, 0.5) is 0 Å². The molecule has 3 rings (SSSR count). The molecule has 142 valence electrons. The highest BCUT2D eigenvalue weighted by Gasteiger charge is 2.06. The molecule has 0 radical (unpaired) electrons. The largest absolute Gasteiger partial charge is 0.489 e. The van der Waals surface area contributed by atoms with Crippen LogP contribution >= 0.6 is 31.9 Å². The first-order valence-corrected chi connectivity index (χ1v) is 10.2. The van der Waals surface area contributed by atoms with Crippen molar-refractivity contribution in [2.24, 2.45) is 5.10 Å². The minimum absolute atomic E-state index is 0.268. The van der Waals surface area contributed by atoms with Gasteiger partial charge in [-0.15, -0.1) is 0 Å². The molecule has 0 atom stereocenters. The zero-order valence-electron chi connectivity index (χ0n) is 15.2. The lowest BCUT2D eigenvalue weighted by Gasteiger charge is -2.07. The summed E-state index contributed by atoms with van der Waals surface area (Å²) in [5.41, 5.74) is 5.85. The maximum Gasteiger partial charge on any atom is 0.271 e. The SMILES string of the molecule is CC(=NNC(=O)c1ccc(OCc2ccc(Br)cc2)cc1)c1ccc(Br)cc1. The zero-order valence-corrected chi connectivity index (χ0v) is 18.3. The highest BCUT2D eigenvalue weighted by molar-refractivity contribution is 9.10. The van der Waals surface area contributed by atoms with Crippen molar-refractivity contribution in [1.82, 2.24) is 5.43 Å². The van der Waals surface area contributed by atoms with Crippen molar-refractivity contribution in [3.63, 3.8) is 0 Å². The van der Waals surface area contributed by atoms with Crippen LogP contribution in [0.3, 0.4) is 0 Å². The van der Waals surface area contributed by atoms with Crippen LogP contribution in [0.15, 0.2) is 86.8 Å². The number of carbonyl (C=O) groups is 1. The summed E-state index contributed by atoms with van der Waals surface area (Å²) in [4.78, 5) is 12.3. The summed E-state index contributed by atoms with van der Waals surface area (Å²) in [5.74, 6) is 0.435. The van der Waals surface area contributed by atoms with E-state index in [0.29, 0.717) is 17.9 Å². The van der Waals surface area contributed by atoms with Crippen molar-refractivity contribution in [3.05, 3.63) is 98.4 Å². The predicted octanol–water partition coefficient (Wildman–Crippen LogP) is 5.94. The molecule has 3 aromatic rings. The predicted molar refractivity (Wildman–Crippen MR) is 119 cm³/mol. The Kier molecular flexibility index (Phi) is 7.01. The number of hydrogen-bond acceptors (Lipinski definition) is 3. The Morgan fingerprint density at radius 2 is 1.39 bits per heavy atom. The number of ether oxygens (including phenoxy) is 1. The number of benzene rings is 3. The molecule has 6 heteroatoms. The molecule has 0 unspecified atom stereocenters. The lowest BCUT2D eigenvalue weighted by Crippen LogP contribution is -2.19. The van der Waals surface area contributed by atoms with E-state index in [4.69, 9.17) is 4.74 Å². The number of amides is 1. The first-order chi connectivity index (χ1) is 13.5. The van der Waals surface area contributed by atoms with Crippen molar-refractivity contribution in [2.45, 2.75) is 13.5 Å². The minimum atomic E-state index is -0.268. The molecule has 1 N–H and O–H groups in total. The lowest BCUT2D eigenvalue weighted by molar-refractivity contribution is 0.0955. The van der Waals surface area contributed by atoms with Crippen molar-refractivity contribution in [1.29, 1.82) is 0 Å². The first kappa shape index (κ1) is 20.3. The van der Waals surface area contributed by atoms with Gasteiger partial charge in [-0.1, -0.05) is 56.1 Å². The molecule has 0 aliphatic carbocycles. The molecule has 4 nitrogen and oxygen atoms in total. The Morgan fingerprint density at radius 1 is 0.857 bits per heavy atom. The molecular formula is C22H18Br2N2O2. The summed E-state index contributed by atoms with van der Waals surface area (Å²) in [6.45, 7) is 2.32. The molecule has 3 aromatic carbocycles. The van der Waals surface area contributed by atoms with E-state index in [1.54, 1.807) is 24.3 Å². The van der Waals surface area contributed by atoms with Gasteiger partial charge in [0, 0.05) is 14.5 Å². The molecule has 0 bridgehead atoms. The smallest absolute Gasteiger partial charge is 0.271 e. The van der Waals surface area contributed by atoms with E-state index in [2.05, 4.69) is 42.4 Å². The second-order valence-electron chi connectivity index (χ2n) is 6.08. The quantitative estimate of drug-likeness (QED) is 0.335. The van der Waals surface area contributed by atoms with Gasteiger partial charge < -0.3 is 4.74 Å². The molecule has 0 fully saturated rings. The monoisotopic (exact) mass is 500 g/mol. The molecule has 0 aliphatic heterocycles. The third kappa shape index (κ3) is 5.78. The number of hydrogen-bond donors (Lipinski definition) is 1. The van der Waals surface area contributed by atoms with E-state index in [9.17, 15) is 4.79 Å². The number of hydrazone groups is 1. The van der Waals surface area contributed by atoms with Crippen LogP contribution < -0.4 is 10.2 Å². The van der Waals surface area contributed by atoms with E-state index < -0.39 is 0 Å². The van der Waals surface area contributed by atoms with Gasteiger partial charge in [0.25, 0.3) is 5.91 Å². The van der Waals surface area contributed by atoms with Crippen LogP contribution in [0.2, 0.25) is 0 Å². The van der Waals surface area contributed by atoms with Crippen molar-refractivity contribution in [3.8, 4) is 5.75 Å². The topological polar surface area (TPSA) is 50.7 Å². The second-order valence-corrected chi connectivity index (χ2v) is 7.92. The first-order valence-electron chi connectivity index (χ1n) is 8.59. The van der Waals surface area contributed by atoms with Gasteiger partial charge in [-0.05, 0) is 66.6 Å². The van der Waals surface area contributed by atoms with Gasteiger partial charge in [0.05, 0.1) is 5.71 Å². The van der Waals surface area contributed by atoms with Gasteiger partial charge in [0.15, 0.2) is 0 Å². The third-order valence-electron chi connectivity index (χ3n) is 4.02. The summed E-state index contributed by atoms with van der Waals surface area (Å²) >= 11 is 6.81. The van der Waals surface area contributed by atoms with Crippen LogP contribution in [0.25, 0.3) is 0 Å². The van der Waals surface area contributed by atoms with Crippen molar-refractivity contribution < 1.29 is 9.53 Å². The van der Waals surface area contributed by atoms with Crippen LogP contribution in [0.5, 0.6) is 5.75 Å². The van der Waals surface area contributed by atoms with E-state index >= 15 is 0 Å². The molecule has 0 aliphatic rings. The standard InChI is InChI=1S/C22H18Br2N2O2/c1-15(17-4-10-20(24)11-5-17)25-26-22(27)18-6-12-21(13-7-18)28-14-16-2-8-19(23)9-3-16/h2-13H,14H2,1H3,(H,26,27). The third-order valence-corrected chi connectivity index (χ3v) is 5.08. The highest BCUT2D eigenvalue weighted by atomic mass is 79.9. The number of rotatable bonds is 6. The van der Waals surface area contributed by atoms with Gasteiger partial charge in [-0.3, -0.25) is 4.79 Å². The Labute approximate surface area is 180 Å². The van der Waals surface area contributed by atoms with Gasteiger partial charge in [0.1, 0.15) is 12.4 Å². The molecule has 0 heterocycles. The van der Waals surface area contributed by atoms with Gasteiger partial charge in [-0.25, -0.2) is 5.43 Å². The minimum Gasteiger partial charge on any atom is -0.489 e. The average molecular weight is 502 g/mol. The number of carbonyl (C=O) groups excluding carboxylic acids is 1. The van der Waals surface area contributed by atoms with Crippen molar-refractivity contribution in [2.75, 3.05) is 0 Å². The summed E-state index contributed by atoms with van der Waals surface area (Å²) in [6.07, 6.45) is 0. The number of nitrogens with one attached hydrogen (secondary N) is 1. The summed E-state index contributed by atoms with van der Waals surface area (Å²) in [7, 11) is 0. The van der Waals surface area contributed by atoms with Crippen LogP contribution in [0.1, 0.15) is 28.4 Å². The van der Waals surface area contributed by atoms with Crippen LogP contribution in [-0.4, -0.2) is 11.6 Å². The fourth-order valence-electron chi connectivity index (χ4n) is 2.40. The van der Waals surface area contributed by atoms with E-state index in [-0.39, 0.29) is 5.91 Å². The number of halogens is 2. The van der Waals surface area contributed by atoms with Gasteiger partial charge in [-0.2, -0.15) is 5.10 Å². The second kappa shape index (κ2) is 9.66. The average Bonchev–Trinajstić information content (AvgIpc) is 2.72. The zero-order chi connectivity index (χ0) is 19.9. The van der Waals surface area contributed by atoms with Crippen LogP contribution in [0, 0.1) is 0 Å². The Balaban J connectivity index is 1.56. The molecule has 28 heavy (non-hydrogen) atoms. The van der Waals surface area contributed by atoms with E-state index in [0.717, 1.165) is 25.8 Å². The highest BCUT2D eigenvalue weighted by Crippen LogP contribution is 2.16. The molecule has 0 saturated heterocycles. The molecule has 0 spiro atoms. The van der Waals surface area contributed by atoms with Gasteiger partial charge in [0.2, 0.25) is 0 Å². The normalized spacial score (nSPS) is 11.2. The Bertz CT molecular complexity index is 967. The Hall–Kier alpha value is -2.44. The van der Waals surface area contributed by atoms with Gasteiger partial charge >= 0.3 is 0 Å². The Morgan fingerprint density at radius 3 is 2.00 bits per heavy atom. The molecule has 0 saturated carbocycles. The number of nitrogens with zero attached hydrogens (tertiary/aromatic N) is 1. The molecule has 1 amide bonds. The van der Waals surface area contributed by atoms with E-state index in [1.165, 1.54) is 0 Å². The van der Waals surface area contributed by atoms with Crippen molar-refractivity contribution >= 4 is 43.5 Å². The van der Waals surface area contributed by atoms with Crippen LogP contribution in [-0.2, 0) is 6.61 Å². The summed E-state index contributed by atoms with van der Waals surface area (Å²) < 4.78 is 7.78. The fourth-order valence-corrected chi connectivity index (χ4v) is 2.93. The summed E-state index contributed by atoms with van der Waals surface area (Å²) in [6, 6.07) is 22.7.